The van der Waals surface area contributed by atoms with Gasteiger partial charge in [-0.2, -0.15) is 10.5 Å². The van der Waals surface area contributed by atoms with E-state index in [1.165, 1.54) is 7.11 Å². The van der Waals surface area contributed by atoms with Crippen molar-refractivity contribution >= 4 is 34.1 Å². The van der Waals surface area contributed by atoms with Gasteiger partial charge in [-0.1, -0.05) is 48.0 Å². The van der Waals surface area contributed by atoms with Gasteiger partial charge in [0.1, 0.15) is 35.7 Å². The summed E-state index contributed by atoms with van der Waals surface area (Å²) in [5.41, 5.74) is 10.5. The van der Waals surface area contributed by atoms with Gasteiger partial charge in [0.15, 0.2) is 17.1 Å². The zero-order valence-corrected chi connectivity index (χ0v) is 19.4. The number of para-hydroxylation sites is 2. The topological polar surface area (TPSA) is 109 Å². The van der Waals surface area contributed by atoms with Crippen LogP contribution in [0.3, 0.4) is 0 Å². The normalized spacial score (nSPS) is 10.7. The number of benzene rings is 3. The van der Waals surface area contributed by atoms with Crippen molar-refractivity contribution in [3.05, 3.63) is 88.4 Å². The van der Waals surface area contributed by atoms with Crippen molar-refractivity contribution in [2.24, 2.45) is 0 Å². The van der Waals surface area contributed by atoms with E-state index in [0.29, 0.717) is 38.8 Å². The van der Waals surface area contributed by atoms with Gasteiger partial charge >= 0.3 is 0 Å². The number of aromatic nitrogens is 2. The molecule has 0 bridgehead atoms. The van der Waals surface area contributed by atoms with Crippen molar-refractivity contribution < 1.29 is 9.47 Å². The Labute approximate surface area is 206 Å². The Bertz CT molecular complexity index is 1690. The van der Waals surface area contributed by atoms with Crippen molar-refractivity contribution in [3.63, 3.8) is 0 Å². The van der Waals surface area contributed by atoms with Crippen LogP contribution in [0, 0.1) is 22.7 Å². The molecule has 2 N–H and O–H groups in total. The zero-order chi connectivity index (χ0) is 24.5. The summed E-state index contributed by atoms with van der Waals surface area (Å²) in [6.45, 7) is 0.252. The molecule has 0 saturated heterocycles. The third-order valence-electron chi connectivity index (χ3n) is 5.80. The Kier molecular flexibility index (Phi) is 5.62. The Balaban J connectivity index is 1.66. The number of nitrogens with two attached hydrogens (primary N) is 1. The average molecular weight is 480 g/mol. The molecule has 5 rings (SSSR count). The van der Waals surface area contributed by atoms with Crippen molar-refractivity contribution in [3.8, 4) is 34.8 Å². The van der Waals surface area contributed by atoms with E-state index in [1.807, 2.05) is 42.5 Å². The molecule has 3 aromatic carbocycles. The van der Waals surface area contributed by atoms with Crippen LogP contribution in [0.15, 0.2) is 66.7 Å². The van der Waals surface area contributed by atoms with Gasteiger partial charge in [0, 0.05) is 16.1 Å². The minimum atomic E-state index is 0.184. The van der Waals surface area contributed by atoms with E-state index in [1.54, 1.807) is 28.7 Å². The van der Waals surface area contributed by atoms with Gasteiger partial charge in [-0.25, -0.2) is 4.98 Å². The summed E-state index contributed by atoms with van der Waals surface area (Å²) in [5, 5.41) is 20.7. The van der Waals surface area contributed by atoms with E-state index >= 15 is 0 Å². The molecule has 0 fully saturated rings. The second-order valence-electron chi connectivity index (χ2n) is 7.74. The summed E-state index contributed by atoms with van der Waals surface area (Å²) in [6, 6.07) is 24.4. The zero-order valence-electron chi connectivity index (χ0n) is 18.6. The summed E-state index contributed by atoms with van der Waals surface area (Å²) >= 11 is 6.24. The molecule has 2 aromatic heterocycles. The number of fused-ring (bicyclic) bond motifs is 3. The average Bonchev–Trinajstić information content (AvgIpc) is 3.28. The number of pyridine rings is 1. The molecule has 0 atom stereocenters. The molecule has 0 aliphatic heterocycles. The maximum Gasteiger partial charge on any atom is 0.161 e. The predicted octanol–water partition coefficient (Wildman–Crippen LogP) is 5.72. The summed E-state index contributed by atoms with van der Waals surface area (Å²) in [6.07, 6.45) is 0. The highest BCUT2D eigenvalue weighted by atomic mass is 35.5. The van der Waals surface area contributed by atoms with E-state index in [9.17, 15) is 10.5 Å². The van der Waals surface area contributed by atoms with Crippen LogP contribution >= 0.6 is 11.6 Å². The first-order valence-corrected chi connectivity index (χ1v) is 11.0. The monoisotopic (exact) mass is 479 g/mol. The van der Waals surface area contributed by atoms with Gasteiger partial charge in [-0.15, -0.1) is 0 Å². The van der Waals surface area contributed by atoms with Crippen LogP contribution in [-0.2, 0) is 6.61 Å². The van der Waals surface area contributed by atoms with E-state index in [2.05, 4.69) is 17.1 Å². The summed E-state index contributed by atoms with van der Waals surface area (Å²) < 4.78 is 13.2. The van der Waals surface area contributed by atoms with Crippen LogP contribution in [0.5, 0.6) is 11.5 Å². The number of anilines is 1. The standard InChI is InChI=1S/C27H18ClN5O2/c1-34-24-12-16(10-11-23(24)35-15-17-6-2-3-7-20(17)28)25-18(13-29)26(31)33-22-9-5-4-8-21(22)32-27(33)19(25)14-30/h2-12H,15,31H2,1H3. The molecular weight excluding hydrogens is 462 g/mol. The van der Waals surface area contributed by atoms with E-state index < -0.39 is 0 Å². The minimum absolute atomic E-state index is 0.184. The Morgan fingerprint density at radius 2 is 1.71 bits per heavy atom. The van der Waals surface area contributed by atoms with Crippen molar-refractivity contribution in [1.82, 2.24) is 9.38 Å². The number of nitrogens with zero attached hydrogens (tertiary/aromatic N) is 4. The summed E-state index contributed by atoms with van der Waals surface area (Å²) in [4.78, 5) is 4.62. The molecule has 5 aromatic rings. The lowest BCUT2D eigenvalue weighted by Crippen LogP contribution is -2.06. The number of ether oxygens (including phenoxy) is 2. The largest absolute Gasteiger partial charge is 0.493 e. The summed E-state index contributed by atoms with van der Waals surface area (Å²) in [5.74, 6) is 1.14. The van der Waals surface area contributed by atoms with Crippen LogP contribution in [0.25, 0.3) is 27.8 Å². The number of rotatable bonds is 5. The molecule has 0 saturated carbocycles. The van der Waals surface area contributed by atoms with Crippen molar-refractivity contribution in [2.45, 2.75) is 6.61 Å². The fourth-order valence-electron chi connectivity index (χ4n) is 4.14. The molecule has 0 unspecified atom stereocenters. The SMILES string of the molecule is COc1cc(-c2c(C#N)c(N)n3c(nc4ccccc43)c2C#N)ccc1OCc1ccccc1Cl. The molecule has 0 spiro atoms. The number of hydrogen-bond acceptors (Lipinski definition) is 6. The van der Waals surface area contributed by atoms with Gasteiger partial charge < -0.3 is 15.2 Å². The Morgan fingerprint density at radius 1 is 0.971 bits per heavy atom. The smallest absolute Gasteiger partial charge is 0.161 e. The Morgan fingerprint density at radius 3 is 2.46 bits per heavy atom. The van der Waals surface area contributed by atoms with E-state index in [0.717, 1.165) is 11.1 Å². The lowest BCUT2D eigenvalue weighted by atomic mass is 9.96. The van der Waals surface area contributed by atoms with Crippen LogP contribution < -0.4 is 15.2 Å². The van der Waals surface area contributed by atoms with Crippen LogP contribution in [-0.4, -0.2) is 16.5 Å². The molecule has 0 radical (unpaired) electrons. The molecule has 0 aliphatic carbocycles. The van der Waals surface area contributed by atoms with Gasteiger partial charge in [-0.05, 0) is 35.9 Å². The fourth-order valence-corrected chi connectivity index (χ4v) is 4.33. The number of methoxy groups -OCH3 is 1. The molecule has 2 heterocycles. The lowest BCUT2D eigenvalue weighted by Gasteiger charge is -2.16. The summed E-state index contributed by atoms with van der Waals surface area (Å²) in [7, 11) is 1.52. The molecule has 35 heavy (non-hydrogen) atoms. The third-order valence-corrected chi connectivity index (χ3v) is 6.17. The number of nitrogen functional groups attached to an aromatic ring is 1. The number of hydrogen-bond donors (Lipinski definition) is 1. The van der Waals surface area contributed by atoms with Crippen LogP contribution in [0.2, 0.25) is 5.02 Å². The predicted molar refractivity (Wildman–Crippen MR) is 134 cm³/mol. The quantitative estimate of drug-likeness (QED) is 0.345. The van der Waals surface area contributed by atoms with Gasteiger partial charge in [-0.3, -0.25) is 4.40 Å². The Hall–Kier alpha value is -4.72. The number of imidazole rings is 1. The van der Waals surface area contributed by atoms with E-state index in [4.69, 9.17) is 26.8 Å². The first-order chi connectivity index (χ1) is 17.1. The second-order valence-corrected chi connectivity index (χ2v) is 8.15. The van der Waals surface area contributed by atoms with Gasteiger partial charge in [0.25, 0.3) is 0 Å². The third kappa shape index (κ3) is 3.65. The minimum Gasteiger partial charge on any atom is -0.493 e. The molecular formula is C27H18ClN5O2. The van der Waals surface area contributed by atoms with Crippen LogP contribution in [0.4, 0.5) is 5.82 Å². The van der Waals surface area contributed by atoms with Gasteiger partial charge in [0.2, 0.25) is 0 Å². The van der Waals surface area contributed by atoms with Gasteiger partial charge in [0.05, 0.1) is 18.1 Å². The van der Waals surface area contributed by atoms with E-state index in [-0.39, 0.29) is 23.6 Å². The lowest BCUT2D eigenvalue weighted by molar-refractivity contribution is 0.284. The molecule has 7 nitrogen and oxygen atoms in total. The maximum absolute atomic E-state index is 10.1. The van der Waals surface area contributed by atoms with Crippen molar-refractivity contribution in [2.75, 3.05) is 12.8 Å². The fraction of sp³-hybridized carbons (Fsp3) is 0.0741. The number of halogens is 1. The molecule has 170 valence electrons. The molecule has 8 heteroatoms. The van der Waals surface area contributed by atoms with Crippen molar-refractivity contribution in [1.29, 1.82) is 10.5 Å². The number of nitriles is 2. The van der Waals surface area contributed by atoms with Crippen LogP contribution in [0.1, 0.15) is 16.7 Å². The first kappa shape index (κ1) is 22.1. The highest BCUT2D eigenvalue weighted by Crippen LogP contribution is 2.39. The second kappa shape index (κ2) is 8.90. The highest BCUT2D eigenvalue weighted by Gasteiger charge is 2.23. The first-order valence-electron chi connectivity index (χ1n) is 10.6. The maximum atomic E-state index is 10.1. The highest BCUT2D eigenvalue weighted by molar-refractivity contribution is 6.31. The molecule has 0 amide bonds. The molecule has 0 aliphatic rings.